The maximum Gasteiger partial charge on any atom is 0.0406 e. The molecule has 0 fully saturated rings. The summed E-state index contributed by atoms with van der Waals surface area (Å²) in [6.45, 7) is 4.51. The molecule has 0 saturated carbocycles. The van der Waals surface area contributed by atoms with Crippen LogP contribution in [0.3, 0.4) is 0 Å². The molecule has 1 rings (SSSR count). The summed E-state index contributed by atoms with van der Waals surface area (Å²) in [6.07, 6.45) is 0. The Balaban J connectivity index is -0.000000175. The van der Waals surface area contributed by atoms with Crippen LogP contribution in [0.5, 0.6) is 0 Å². The molecule has 82 valence electrons. The molecule has 0 atom stereocenters. The van der Waals surface area contributed by atoms with E-state index in [9.17, 15) is 0 Å². The summed E-state index contributed by atoms with van der Waals surface area (Å²) in [5, 5.41) is 4.31. The molecular formula is C10H20ClN3. The van der Waals surface area contributed by atoms with Gasteiger partial charge in [0.1, 0.15) is 0 Å². The van der Waals surface area contributed by atoms with Gasteiger partial charge in [0.05, 0.1) is 0 Å². The Morgan fingerprint density at radius 3 is 2.57 bits per heavy atom. The largest absolute Gasteiger partial charge is 0.0931 e. The molecule has 0 heterocycles. The SMILES string of the molecule is CC(C)(CN=[N+]=[N-])c1ccc(Cl)cc1.[2H][2H].[2H][2H].[2H][2H].[2H][2H]. The van der Waals surface area contributed by atoms with Crippen molar-refractivity contribution >= 4 is 11.6 Å². The summed E-state index contributed by atoms with van der Waals surface area (Å²) < 4.78 is 40.0. The highest BCUT2D eigenvalue weighted by atomic mass is 35.5. The Hall–Kier alpha value is -1.18. The van der Waals surface area contributed by atoms with Crippen molar-refractivity contribution in [3.63, 3.8) is 0 Å². The van der Waals surface area contributed by atoms with Gasteiger partial charge in [-0.3, -0.25) is 0 Å². The van der Waals surface area contributed by atoms with E-state index in [1.807, 2.05) is 38.1 Å². The summed E-state index contributed by atoms with van der Waals surface area (Å²) in [4.78, 5) is 2.76. The first kappa shape index (κ1) is 6.33. The minimum atomic E-state index is -0.142. The molecule has 0 unspecified atom stereocenters. The van der Waals surface area contributed by atoms with Gasteiger partial charge in [-0.15, -0.1) is 0 Å². The lowest BCUT2D eigenvalue weighted by molar-refractivity contribution is 0.538. The zero-order valence-electron chi connectivity index (χ0n) is 16.2. The fourth-order valence-electron chi connectivity index (χ4n) is 1.20. The van der Waals surface area contributed by atoms with E-state index in [0.29, 0.717) is 11.6 Å². The van der Waals surface area contributed by atoms with E-state index in [-0.39, 0.29) is 5.41 Å². The summed E-state index contributed by atoms with van der Waals surface area (Å²) in [5.74, 6) is 0. The summed E-state index contributed by atoms with van der Waals surface area (Å²) in [5.41, 5.74) is 9.24. The number of benzene rings is 1. The lowest BCUT2D eigenvalue weighted by atomic mass is 9.85. The normalized spacial score (nSPS) is 13.1. The summed E-state index contributed by atoms with van der Waals surface area (Å²) in [6, 6.07) is 7.59. The molecule has 0 spiro atoms. The van der Waals surface area contributed by atoms with Gasteiger partial charge in [-0.25, -0.2) is 0 Å². The maximum atomic E-state index is 8.26. The second kappa shape index (κ2) is 4.36. The third kappa shape index (κ3) is 2.66. The lowest BCUT2D eigenvalue weighted by Crippen LogP contribution is -2.20. The van der Waals surface area contributed by atoms with Crippen LogP contribution in [0.2, 0.25) is 5.02 Å². The fourth-order valence-corrected chi connectivity index (χ4v) is 1.33. The van der Waals surface area contributed by atoms with Crippen LogP contribution in [0.1, 0.15) is 31.3 Å². The van der Waals surface area contributed by atoms with Gasteiger partial charge >= 0.3 is 0 Å². The zero-order chi connectivity index (χ0) is 18.6. The predicted molar refractivity (Wildman–Crippen MR) is 66.9 cm³/mol. The molecular weight excluding hydrogens is 198 g/mol. The molecule has 1 aromatic carbocycles. The molecule has 3 nitrogen and oxygen atoms in total. The molecule has 0 aliphatic carbocycles. The van der Waals surface area contributed by atoms with Gasteiger partial charge in [-0.1, -0.05) is 42.7 Å². The zero-order valence-corrected chi connectivity index (χ0v) is 8.99. The van der Waals surface area contributed by atoms with Gasteiger partial charge in [-0.05, 0) is 28.6 Å². The van der Waals surface area contributed by atoms with Crippen LogP contribution in [0, 0.1) is 0 Å². The molecule has 0 saturated heterocycles. The average Bonchev–Trinajstić information content (AvgIpc) is 2.60. The summed E-state index contributed by atoms with van der Waals surface area (Å²) >= 11 is 5.78. The van der Waals surface area contributed by atoms with Gasteiger partial charge in [0.15, 0.2) is 0 Å². The van der Waals surface area contributed by atoms with E-state index in [0.717, 1.165) is 5.56 Å². The third-order valence-corrected chi connectivity index (χ3v) is 2.41. The van der Waals surface area contributed by atoms with Crippen molar-refractivity contribution in [3.05, 3.63) is 45.3 Å². The van der Waals surface area contributed by atoms with Crippen molar-refractivity contribution in [2.75, 3.05) is 6.54 Å². The molecule has 0 N–H and O–H groups in total. The lowest BCUT2D eigenvalue weighted by Gasteiger charge is -2.22. The van der Waals surface area contributed by atoms with E-state index >= 15 is 0 Å². The van der Waals surface area contributed by atoms with E-state index in [4.69, 9.17) is 29.0 Å². The number of nitrogens with zero attached hydrogens (tertiary/aromatic N) is 3. The number of halogens is 1. The first-order chi connectivity index (χ1) is 10.6. The third-order valence-electron chi connectivity index (χ3n) is 2.15. The predicted octanol–water partition coefficient (Wildman–Crippen LogP) is 4.91. The van der Waals surface area contributed by atoms with Crippen molar-refractivity contribution in [2.45, 2.75) is 19.3 Å². The Labute approximate surface area is 101 Å². The van der Waals surface area contributed by atoms with Crippen molar-refractivity contribution in [2.24, 2.45) is 5.11 Å². The maximum absolute atomic E-state index is 8.26. The molecule has 0 amide bonds. The van der Waals surface area contributed by atoms with Crippen LogP contribution in [-0.4, -0.2) is 6.54 Å². The van der Waals surface area contributed by atoms with Crippen LogP contribution in [0.4, 0.5) is 0 Å². The number of azide groups is 1. The second-order valence-electron chi connectivity index (χ2n) is 3.78. The first-order valence-corrected chi connectivity index (χ1v) is 4.71. The topological polar surface area (TPSA) is 48.8 Å². The molecule has 0 aromatic heterocycles. The average molecular weight is 226 g/mol. The molecule has 4 heteroatoms. The molecule has 0 radical (unpaired) electrons. The number of hydrogen-bond acceptors (Lipinski definition) is 1. The quantitative estimate of drug-likeness (QED) is 0.399. The van der Waals surface area contributed by atoms with Crippen molar-refractivity contribution < 1.29 is 11.9 Å². The highest BCUT2D eigenvalue weighted by Gasteiger charge is 2.18. The van der Waals surface area contributed by atoms with E-state index in [1.54, 1.807) is 0 Å². The highest BCUT2D eigenvalue weighted by molar-refractivity contribution is 6.30. The van der Waals surface area contributed by atoms with E-state index in [2.05, 4.69) is 10.0 Å². The molecule has 1 aromatic rings. The van der Waals surface area contributed by atoms with E-state index in [1.165, 1.54) is 0 Å². The minimum Gasteiger partial charge on any atom is -0.0931 e. The van der Waals surface area contributed by atoms with Crippen LogP contribution in [0.15, 0.2) is 29.4 Å². The summed E-state index contributed by atoms with van der Waals surface area (Å²) in [7, 11) is 0. The van der Waals surface area contributed by atoms with Gasteiger partial charge in [0, 0.05) is 28.4 Å². The van der Waals surface area contributed by atoms with Gasteiger partial charge < -0.3 is 0 Å². The second-order valence-corrected chi connectivity index (χ2v) is 4.22. The van der Waals surface area contributed by atoms with Gasteiger partial charge in [0.2, 0.25) is 0 Å². The van der Waals surface area contributed by atoms with Crippen LogP contribution >= 0.6 is 11.6 Å². The Morgan fingerprint density at radius 2 is 2.07 bits per heavy atom. The van der Waals surface area contributed by atoms with Crippen molar-refractivity contribution in [1.29, 1.82) is 0 Å². The Kier molecular flexibility index (Phi) is 1.97. The van der Waals surface area contributed by atoms with Crippen molar-refractivity contribution in [3.8, 4) is 0 Å². The van der Waals surface area contributed by atoms with Gasteiger partial charge in [-0.2, -0.15) is 0 Å². The standard InChI is InChI=1S/C10H12ClN3.4H2/c1-10(2,7-13-14-12)8-3-5-9(11)6-4-8;;;;/h3-6H,7H2,1-2H3;4*1H/i;4*1+1D. The van der Waals surface area contributed by atoms with Crippen LogP contribution in [-0.2, 0) is 5.41 Å². The molecule has 14 heavy (non-hydrogen) atoms. The molecule has 0 aliphatic heterocycles. The Bertz CT molecular complexity index is 371. The van der Waals surface area contributed by atoms with Crippen LogP contribution < -0.4 is 0 Å². The highest BCUT2D eigenvalue weighted by Crippen LogP contribution is 2.24. The fraction of sp³-hybridized carbons (Fsp3) is 0.400. The molecule has 0 bridgehead atoms. The first-order valence-electron chi connectivity index (χ1n) is 8.33. The smallest absolute Gasteiger partial charge is 0.0406 e. The number of rotatable bonds is 3. The van der Waals surface area contributed by atoms with Crippen LogP contribution in [0.25, 0.3) is 10.4 Å². The monoisotopic (exact) mass is 225 g/mol. The van der Waals surface area contributed by atoms with E-state index < -0.39 is 0 Å². The minimum absolute atomic E-state index is 0.142. The number of hydrogen-bond donors (Lipinski definition) is 0. The van der Waals surface area contributed by atoms with Gasteiger partial charge in [0.25, 0.3) is 0 Å². The molecule has 0 aliphatic rings. The Morgan fingerprint density at radius 1 is 1.50 bits per heavy atom. The van der Waals surface area contributed by atoms with Crippen molar-refractivity contribution in [1.82, 2.24) is 0 Å².